The van der Waals surface area contributed by atoms with Crippen molar-refractivity contribution < 1.29 is 4.74 Å². The van der Waals surface area contributed by atoms with Crippen LogP contribution in [0.15, 0.2) is 48.5 Å². The Morgan fingerprint density at radius 2 is 1.95 bits per heavy atom. The van der Waals surface area contributed by atoms with Crippen LogP contribution in [-0.2, 0) is 6.42 Å². The van der Waals surface area contributed by atoms with Crippen molar-refractivity contribution in [1.82, 2.24) is 5.43 Å². The van der Waals surface area contributed by atoms with E-state index < -0.39 is 0 Å². The molecule has 0 aliphatic carbocycles. The van der Waals surface area contributed by atoms with Crippen LogP contribution in [0.3, 0.4) is 0 Å². The first-order valence-corrected chi connectivity index (χ1v) is 6.98. The van der Waals surface area contributed by atoms with Gasteiger partial charge in [-0.05, 0) is 49.1 Å². The molecule has 0 aliphatic rings. The van der Waals surface area contributed by atoms with Crippen molar-refractivity contribution in [2.75, 3.05) is 6.61 Å². The minimum atomic E-state index is 0.0801. The SMILES string of the molecule is CCOc1cccc(C(Cc2ccccc2C)NN)c1. The van der Waals surface area contributed by atoms with Gasteiger partial charge in [0, 0.05) is 0 Å². The van der Waals surface area contributed by atoms with Crippen LogP contribution in [0.1, 0.15) is 29.7 Å². The maximum Gasteiger partial charge on any atom is 0.119 e. The largest absolute Gasteiger partial charge is 0.494 e. The molecule has 0 bridgehead atoms. The van der Waals surface area contributed by atoms with E-state index in [2.05, 4.69) is 42.7 Å². The van der Waals surface area contributed by atoms with Crippen LogP contribution < -0.4 is 16.0 Å². The Balaban J connectivity index is 2.20. The number of nitrogens with one attached hydrogen (secondary N) is 1. The van der Waals surface area contributed by atoms with Crippen LogP contribution in [0.5, 0.6) is 5.75 Å². The molecule has 1 atom stereocenters. The molecule has 106 valence electrons. The quantitative estimate of drug-likeness (QED) is 0.626. The van der Waals surface area contributed by atoms with Crippen molar-refractivity contribution in [2.24, 2.45) is 5.84 Å². The zero-order valence-electron chi connectivity index (χ0n) is 12.1. The van der Waals surface area contributed by atoms with E-state index in [-0.39, 0.29) is 6.04 Å². The van der Waals surface area contributed by atoms with Gasteiger partial charge in [0.2, 0.25) is 0 Å². The summed E-state index contributed by atoms with van der Waals surface area (Å²) in [5, 5.41) is 0. The highest BCUT2D eigenvalue weighted by Gasteiger charge is 2.12. The van der Waals surface area contributed by atoms with E-state index in [9.17, 15) is 0 Å². The van der Waals surface area contributed by atoms with Crippen LogP contribution in [0, 0.1) is 6.92 Å². The number of benzene rings is 2. The first kappa shape index (κ1) is 14.6. The minimum Gasteiger partial charge on any atom is -0.494 e. The van der Waals surface area contributed by atoms with E-state index >= 15 is 0 Å². The summed E-state index contributed by atoms with van der Waals surface area (Å²) >= 11 is 0. The van der Waals surface area contributed by atoms with Crippen LogP contribution >= 0.6 is 0 Å². The standard InChI is InChI=1S/C17H22N2O/c1-3-20-16-10-6-9-15(11-16)17(19-18)12-14-8-5-4-7-13(14)2/h4-11,17,19H,3,12,18H2,1-2H3. The highest BCUT2D eigenvalue weighted by Crippen LogP contribution is 2.23. The molecule has 0 radical (unpaired) electrons. The Hall–Kier alpha value is -1.84. The number of rotatable bonds is 6. The smallest absolute Gasteiger partial charge is 0.119 e. The Morgan fingerprint density at radius 1 is 1.15 bits per heavy atom. The van der Waals surface area contributed by atoms with Crippen molar-refractivity contribution in [1.29, 1.82) is 0 Å². The van der Waals surface area contributed by atoms with E-state index in [0.29, 0.717) is 6.61 Å². The number of nitrogens with two attached hydrogens (primary N) is 1. The molecule has 20 heavy (non-hydrogen) atoms. The summed E-state index contributed by atoms with van der Waals surface area (Å²) in [5.74, 6) is 6.62. The van der Waals surface area contributed by atoms with Gasteiger partial charge in [-0.2, -0.15) is 0 Å². The van der Waals surface area contributed by atoms with Gasteiger partial charge in [0.15, 0.2) is 0 Å². The lowest BCUT2D eigenvalue weighted by Gasteiger charge is -2.18. The number of hydrazine groups is 1. The first-order chi connectivity index (χ1) is 9.74. The van der Waals surface area contributed by atoms with Gasteiger partial charge in [0.1, 0.15) is 5.75 Å². The Bertz CT molecular complexity index is 554. The summed E-state index contributed by atoms with van der Waals surface area (Å²) < 4.78 is 5.55. The van der Waals surface area contributed by atoms with E-state index in [4.69, 9.17) is 10.6 Å². The predicted molar refractivity (Wildman–Crippen MR) is 82.6 cm³/mol. The molecule has 0 heterocycles. The Labute approximate surface area is 120 Å². The van der Waals surface area contributed by atoms with Gasteiger partial charge in [0.05, 0.1) is 12.6 Å². The highest BCUT2D eigenvalue weighted by molar-refractivity contribution is 5.33. The van der Waals surface area contributed by atoms with E-state index in [1.54, 1.807) is 0 Å². The lowest BCUT2D eigenvalue weighted by Crippen LogP contribution is -2.29. The minimum absolute atomic E-state index is 0.0801. The van der Waals surface area contributed by atoms with Gasteiger partial charge in [-0.3, -0.25) is 11.3 Å². The second-order valence-electron chi connectivity index (χ2n) is 4.86. The fourth-order valence-electron chi connectivity index (χ4n) is 2.32. The average Bonchev–Trinajstić information content (AvgIpc) is 2.47. The van der Waals surface area contributed by atoms with Crippen molar-refractivity contribution >= 4 is 0 Å². The monoisotopic (exact) mass is 270 g/mol. The predicted octanol–water partition coefficient (Wildman–Crippen LogP) is 3.14. The molecular weight excluding hydrogens is 248 g/mol. The molecule has 0 saturated carbocycles. The molecule has 3 nitrogen and oxygen atoms in total. The van der Waals surface area contributed by atoms with Crippen molar-refractivity contribution in [3.63, 3.8) is 0 Å². The molecular formula is C17H22N2O. The van der Waals surface area contributed by atoms with Gasteiger partial charge in [-0.15, -0.1) is 0 Å². The third kappa shape index (κ3) is 3.59. The summed E-state index contributed by atoms with van der Waals surface area (Å²) in [5.41, 5.74) is 6.64. The first-order valence-electron chi connectivity index (χ1n) is 6.98. The van der Waals surface area contributed by atoms with Gasteiger partial charge in [-0.1, -0.05) is 36.4 Å². The van der Waals surface area contributed by atoms with Crippen molar-refractivity contribution in [2.45, 2.75) is 26.3 Å². The number of aryl methyl sites for hydroxylation is 1. The number of hydrogen-bond acceptors (Lipinski definition) is 3. The lowest BCUT2D eigenvalue weighted by atomic mass is 9.96. The zero-order chi connectivity index (χ0) is 14.4. The van der Waals surface area contributed by atoms with Crippen LogP contribution in [0.25, 0.3) is 0 Å². The normalized spacial score (nSPS) is 12.2. The van der Waals surface area contributed by atoms with Crippen LogP contribution in [0.4, 0.5) is 0 Å². The Morgan fingerprint density at radius 3 is 2.65 bits per heavy atom. The number of ether oxygens (including phenoxy) is 1. The molecule has 2 rings (SSSR count). The molecule has 0 amide bonds. The lowest BCUT2D eigenvalue weighted by molar-refractivity contribution is 0.339. The molecule has 0 aromatic heterocycles. The van der Waals surface area contributed by atoms with Gasteiger partial charge in [-0.25, -0.2) is 0 Å². The van der Waals surface area contributed by atoms with Gasteiger partial charge in [0.25, 0.3) is 0 Å². The van der Waals surface area contributed by atoms with E-state index in [1.165, 1.54) is 11.1 Å². The highest BCUT2D eigenvalue weighted by atomic mass is 16.5. The molecule has 0 spiro atoms. The second kappa shape index (κ2) is 7.08. The molecule has 2 aromatic carbocycles. The van der Waals surface area contributed by atoms with Crippen molar-refractivity contribution in [3.05, 3.63) is 65.2 Å². The Kier molecular flexibility index (Phi) is 5.16. The van der Waals surface area contributed by atoms with Gasteiger partial charge < -0.3 is 4.74 Å². The summed E-state index contributed by atoms with van der Waals surface area (Å²) in [6, 6.07) is 16.6. The fourth-order valence-corrected chi connectivity index (χ4v) is 2.32. The summed E-state index contributed by atoms with van der Waals surface area (Å²) in [6.07, 6.45) is 0.860. The third-order valence-electron chi connectivity index (χ3n) is 3.46. The topological polar surface area (TPSA) is 47.3 Å². The summed E-state index contributed by atoms with van der Waals surface area (Å²) in [6.45, 7) is 4.78. The molecule has 1 unspecified atom stereocenters. The van der Waals surface area contributed by atoms with Crippen molar-refractivity contribution in [3.8, 4) is 5.75 Å². The molecule has 0 saturated heterocycles. The summed E-state index contributed by atoms with van der Waals surface area (Å²) in [7, 11) is 0. The average molecular weight is 270 g/mol. The molecule has 3 N–H and O–H groups in total. The summed E-state index contributed by atoms with van der Waals surface area (Å²) in [4.78, 5) is 0. The van der Waals surface area contributed by atoms with E-state index in [0.717, 1.165) is 17.7 Å². The van der Waals surface area contributed by atoms with E-state index in [1.807, 2.05) is 25.1 Å². The van der Waals surface area contributed by atoms with Crippen LogP contribution in [0.2, 0.25) is 0 Å². The maximum absolute atomic E-state index is 5.74. The second-order valence-corrected chi connectivity index (χ2v) is 4.86. The van der Waals surface area contributed by atoms with Gasteiger partial charge >= 0.3 is 0 Å². The maximum atomic E-state index is 5.74. The third-order valence-corrected chi connectivity index (χ3v) is 3.46. The number of hydrogen-bond donors (Lipinski definition) is 2. The molecule has 0 fully saturated rings. The zero-order valence-corrected chi connectivity index (χ0v) is 12.1. The fraction of sp³-hybridized carbons (Fsp3) is 0.294. The molecule has 0 aliphatic heterocycles. The molecule has 3 heteroatoms. The van der Waals surface area contributed by atoms with Crippen LogP contribution in [-0.4, -0.2) is 6.61 Å². The molecule has 2 aromatic rings.